The molecule has 0 bridgehead atoms. The highest BCUT2D eigenvalue weighted by Gasteiger charge is 2.03. The van der Waals surface area contributed by atoms with Crippen LogP contribution in [0.15, 0.2) is 71.8 Å². The zero-order valence-corrected chi connectivity index (χ0v) is 12.6. The fourth-order valence-corrected chi connectivity index (χ4v) is 2.38. The van der Waals surface area contributed by atoms with Crippen LogP contribution in [0.2, 0.25) is 0 Å². The average molecular weight is 303 g/mol. The van der Waals surface area contributed by atoms with E-state index < -0.39 is 5.97 Å². The van der Waals surface area contributed by atoms with Crippen molar-refractivity contribution in [2.75, 3.05) is 5.43 Å². The first-order chi connectivity index (χ1) is 11.1. The molecule has 114 valence electrons. The van der Waals surface area contributed by atoms with E-state index in [1.807, 2.05) is 37.3 Å². The maximum atomic E-state index is 11.1. The highest BCUT2D eigenvalue weighted by molar-refractivity contribution is 6.02. The smallest absolute Gasteiger partial charge is 0.0736 e. The largest absolute Gasteiger partial charge is 0.545 e. The lowest BCUT2D eigenvalue weighted by atomic mass is 10.0. The molecule has 0 aliphatic rings. The normalized spacial score (nSPS) is 11.4. The van der Waals surface area contributed by atoms with E-state index >= 15 is 0 Å². The van der Waals surface area contributed by atoms with Crippen molar-refractivity contribution in [3.63, 3.8) is 0 Å². The van der Waals surface area contributed by atoms with Gasteiger partial charge in [0.2, 0.25) is 0 Å². The van der Waals surface area contributed by atoms with Crippen LogP contribution in [0.1, 0.15) is 22.8 Å². The molecule has 0 unspecified atom stereocenters. The molecule has 0 fully saturated rings. The fraction of sp³-hybridized carbons (Fsp3) is 0.0526. The molecule has 0 saturated heterocycles. The summed E-state index contributed by atoms with van der Waals surface area (Å²) in [4.78, 5) is 11.1. The van der Waals surface area contributed by atoms with Crippen LogP contribution in [-0.4, -0.2) is 11.7 Å². The molecule has 3 rings (SSSR count). The molecule has 0 aliphatic carbocycles. The molecule has 1 N–H and O–H groups in total. The molecular formula is C19H15N2O2-. The number of aromatic carboxylic acids is 1. The number of carboxylic acids is 1. The van der Waals surface area contributed by atoms with E-state index in [2.05, 4.69) is 22.7 Å². The van der Waals surface area contributed by atoms with E-state index in [1.165, 1.54) is 11.5 Å². The number of nitrogens with zero attached hydrogens (tertiary/aromatic N) is 1. The highest BCUT2D eigenvalue weighted by Crippen LogP contribution is 2.17. The topological polar surface area (TPSA) is 64.5 Å². The van der Waals surface area contributed by atoms with Crippen molar-refractivity contribution in [1.82, 2.24) is 0 Å². The van der Waals surface area contributed by atoms with Crippen molar-refractivity contribution in [1.29, 1.82) is 0 Å². The van der Waals surface area contributed by atoms with Crippen molar-refractivity contribution in [2.45, 2.75) is 6.92 Å². The van der Waals surface area contributed by atoms with E-state index in [1.54, 1.807) is 18.2 Å². The van der Waals surface area contributed by atoms with Gasteiger partial charge in [-0.25, -0.2) is 0 Å². The molecule has 0 saturated carbocycles. The minimum absolute atomic E-state index is 0.0857. The Balaban J connectivity index is 1.88. The fourth-order valence-electron chi connectivity index (χ4n) is 2.38. The minimum Gasteiger partial charge on any atom is -0.545 e. The highest BCUT2D eigenvalue weighted by atomic mass is 16.4. The zero-order valence-electron chi connectivity index (χ0n) is 12.6. The molecule has 3 aromatic carbocycles. The number of carbonyl (C=O) groups excluding carboxylic acids is 1. The van der Waals surface area contributed by atoms with Gasteiger partial charge in [-0.15, -0.1) is 0 Å². The number of nitrogens with one attached hydrogen (secondary N) is 1. The Morgan fingerprint density at radius 1 is 0.957 bits per heavy atom. The molecule has 0 amide bonds. The third-order valence-electron chi connectivity index (χ3n) is 3.66. The first-order valence-electron chi connectivity index (χ1n) is 7.25. The van der Waals surface area contributed by atoms with Gasteiger partial charge in [-0.1, -0.05) is 54.6 Å². The monoisotopic (exact) mass is 303 g/mol. The van der Waals surface area contributed by atoms with Gasteiger partial charge in [0, 0.05) is 5.56 Å². The summed E-state index contributed by atoms with van der Waals surface area (Å²) >= 11 is 0. The summed E-state index contributed by atoms with van der Waals surface area (Å²) in [5.74, 6) is -1.23. The lowest BCUT2D eigenvalue weighted by molar-refractivity contribution is -0.254. The zero-order chi connectivity index (χ0) is 16.2. The summed E-state index contributed by atoms with van der Waals surface area (Å²) in [7, 11) is 0. The maximum Gasteiger partial charge on any atom is 0.0736 e. The van der Waals surface area contributed by atoms with Gasteiger partial charge in [0.05, 0.1) is 17.4 Å². The van der Waals surface area contributed by atoms with Crippen LogP contribution < -0.4 is 10.5 Å². The summed E-state index contributed by atoms with van der Waals surface area (Å²) in [6.07, 6.45) is 0. The summed E-state index contributed by atoms with van der Waals surface area (Å²) in [6, 6.07) is 20.7. The molecule has 4 heteroatoms. The van der Waals surface area contributed by atoms with Crippen LogP contribution in [-0.2, 0) is 0 Å². The van der Waals surface area contributed by atoms with Gasteiger partial charge in [0.25, 0.3) is 0 Å². The standard InChI is InChI=1S/C19H16N2O2/c1-13(15-11-10-14-6-2-3-7-16(14)12-15)20-21-18-9-5-4-8-17(18)19(22)23/h2-12,21H,1H3,(H,22,23)/p-1/b20-13-. The number of carbonyl (C=O) groups is 1. The summed E-state index contributed by atoms with van der Waals surface area (Å²) in [6.45, 7) is 1.87. The number of hydrogen-bond donors (Lipinski definition) is 1. The third-order valence-corrected chi connectivity index (χ3v) is 3.66. The average Bonchev–Trinajstić information content (AvgIpc) is 2.59. The Morgan fingerprint density at radius 3 is 2.43 bits per heavy atom. The number of rotatable bonds is 4. The molecule has 0 aromatic heterocycles. The Bertz CT molecular complexity index is 901. The summed E-state index contributed by atoms with van der Waals surface area (Å²) in [5, 5.41) is 17.7. The van der Waals surface area contributed by atoms with E-state index in [9.17, 15) is 9.90 Å². The van der Waals surface area contributed by atoms with Gasteiger partial charge in [0.1, 0.15) is 0 Å². The predicted molar refractivity (Wildman–Crippen MR) is 90.6 cm³/mol. The van der Waals surface area contributed by atoms with Crippen LogP contribution in [0.25, 0.3) is 10.8 Å². The Labute approximate surface area is 134 Å². The van der Waals surface area contributed by atoms with Gasteiger partial charge in [-0.05, 0) is 35.4 Å². The molecule has 0 radical (unpaired) electrons. The van der Waals surface area contributed by atoms with Gasteiger partial charge >= 0.3 is 0 Å². The number of hydrogen-bond acceptors (Lipinski definition) is 4. The van der Waals surface area contributed by atoms with Crippen molar-refractivity contribution in [3.05, 3.63) is 77.9 Å². The van der Waals surface area contributed by atoms with Crippen molar-refractivity contribution in [2.24, 2.45) is 5.10 Å². The van der Waals surface area contributed by atoms with Crippen molar-refractivity contribution >= 4 is 28.1 Å². The third kappa shape index (κ3) is 3.21. The number of para-hydroxylation sites is 1. The molecule has 4 nitrogen and oxygen atoms in total. The van der Waals surface area contributed by atoms with Crippen LogP contribution in [0.4, 0.5) is 5.69 Å². The van der Waals surface area contributed by atoms with Crippen molar-refractivity contribution in [3.8, 4) is 0 Å². The number of anilines is 1. The van der Waals surface area contributed by atoms with E-state index in [-0.39, 0.29) is 5.56 Å². The first kappa shape index (κ1) is 14.8. The number of benzene rings is 3. The number of fused-ring (bicyclic) bond motifs is 1. The summed E-state index contributed by atoms with van der Waals surface area (Å²) in [5.41, 5.74) is 5.05. The van der Waals surface area contributed by atoms with Crippen molar-refractivity contribution < 1.29 is 9.90 Å². The van der Waals surface area contributed by atoms with Gasteiger partial charge in [0.15, 0.2) is 0 Å². The molecule has 0 heterocycles. The number of hydrazone groups is 1. The Hall–Kier alpha value is -3.14. The van der Waals surface area contributed by atoms with Gasteiger partial charge < -0.3 is 9.90 Å². The molecular weight excluding hydrogens is 288 g/mol. The minimum atomic E-state index is -1.23. The van der Waals surface area contributed by atoms with Crippen LogP contribution in [0, 0.1) is 0 Å². The Morgan fingerprint density at radius 2 is 1.65 bits per heavy atom. The predicted octanol–water partition coefficient (Wildman–Crippen LogP) is 3.04. The quantitative estimate of drug-likeness (QED) is 0.595. The van der Waals surface area contributed by atoms with Gasteiger partial charge in [-0.2, -0.15) is 5.10 Å². The summed E-state index contributed by atoms with van der Waals surface area (Å²) < 4.78 is 0. The lowest BCUT2D eigenvalue weighted by Crippen LogP contribution is -2.23. The molecule has 0 aliphatic heterocycles. The Kier molecular flexibility index (Phi) is 4.06. The lowest BCUT2D eigenvalue weighted by Gasteiger charge is -2.10. The SMILES string of the molecule is C/C(=N/Nc1ccccc1C(=O)[O-])c1ccc2ccccc2c1. The number of carboxylic acid groups (broad SMARTS) is 1. The maximum absolute atomic E-state index is 11.1. The molecule has 0 atom stereocenters. The molecule has 23 heavy (non-hydrogen) atoms. The van der Waals surface area contributed by atoms with E-state index in [4.69, 9.17) is 0 Å². The molecule has 0 spiro atoms. The second kappa shape index (κ2) is 6.32. The second-order valence-electron chi connectivity index (χ2n) is 5.20. The van der Waals surface area contributed by atoms with E-state index in [0.717, 1.165) is 16.7 Å². The van der Waals surface area contributed by atoms with Crippen LogP contribution in [0.5, 0.6) is 0 Å². The second-order valence-corrected chi connectivity index (χ2v) is 5.20. The first-order valence-corrected chi connectivity index (χ1v) is 7.25. The van der Waals surface area contributed by atoms with Gasteiger partial charge in [-0.3, -0.25) is 5.43 Å². The van der Waals surface area contributed by atoms with Crippen LogP contribution in [0.3, 0.4) is 0 Å². The van der Waals surface area contributed by atoms with Crippen LogP contribution >= 0.6 is 0 Å². The van der Waals surface area contributed by atoms with E-state index in [0.29, 0.717) is 5.69 Å². The molecule has 3 aromatic rings.